The third-order valence-electron chi connectivity index (χ3n) is 5.67. The normalized spacial score (nSPS) is 12.0. The predicted octanol–water partition coefficient (Wildman–Crippen LogP) is 5.14. The van der Waals surface area contributed by atoms with E-state index in [0.717, 1.165) is 16.7 Å². The molecule has 7 heteroatoms. The number of nitrogens with one attached hydrogen (secondary N) is 1. The summed E-state index contributed by atoms with van der Waals surface area (Å²) in [4.78, 5) is 42.9. The van der Waals surface area contributed by atoms with Crippen molar-refractivity contribution >= 4 is 38.9 Å². The summed E-state index contributed by atoms with van der Waals surface area (Å²) in [7, 11) is 0. The Balaban J connectivity index is 1.70. The number of hydrogen-bond acceptors (Lipinski definition) is 5. The number of ketones is 1. The first-order valence-electron chi connectivity index (χ1n) is 10.2. The van der Waals surface area contributed by atoms with Crippen molar-refractivity contribution < 1.29 is 9.59 Å². The lowest BCUT2D eigenvalue weighted by Gasteiger charge is -2.15. The van der Waals surface area contributed by atoms with Gasteiger partial charge in [0.15, 0.2) is 5.78 Å². The van der Waals surface area contributed by atoms with Gasteiger partial charge in [-0.15, -0.1) is 11.3 Å². The van der Waals surface area contributed by atoms with Crippen molar-refractivity contribution in [2.75, 3.05) is 5.32 Å². The monoisotopic (exact) mass is 445 g/mol. The molecule has 1 atom stereocenters. The molecule has 0 aliphatic heterocycles. The van der Waals surface area contributed by atoms with Crippen molar-refractivity contribution in [2.45, 2.75) is 33.7 Å². The molecule has 6 nitrogen and oxygen atoms in total. The Labute approximate surface area is 189 Å². The Morgan fingerprint density at radius 2 is 1.88 bits per heavy atom. The zero-order valence-corrected chi connectivity index (χ0v) is 19.1. The van der Waals surface area contributed by atoms with Crippen molar-refractivity contribution in [1.82, 2.24) is 9.55 Å². The Bertz CT molecular complexity index is 1420. The van der Waals surface area contributed by atoms with Gasteiger partial charge in [-0.2, -0.15) is 0 Å². The Morgan fingerprint density at radius 1 is 1.09 bits per heavy atom. The van der Waals surface area contributed by atoms with Gasteiger partial charge in [-0.1, -0.05) is 30.3 Å². The first-order valence-corrected chi connectivity index (χ1v) is 11.1. The Morgan fingerprint density at radius 3 is 2.59 bits per heavy atom. The molecule has 0 saturated carbocycles. The molecular formula is C25H23N3O3S. The number of aromatic nitrogens is 2. The van der Waals surface area contributed by atoms with Crippen LogP contribution >= 0.6 is 11.3 Å². The third kappa shape index (κ3) is 3.99. The quantitative estimate of drug-likeness (QED) is 0.431. The third-order valence-corrected chi connectivity index (χ3v) is 6.56. The number of rotatable bonds is 5. The van der Waals surface area contributed by atoms with Crippen LogP contribution in [-0.4, -0.2) is 21.2 Å². The number of thiophene rings is 1. The molecule has 2 heterocycles. The Hall–Kier alpha value is -3.58. The highest BCUT2D eigenvalue weighted by Gasteiger charge is 2.21. The van der Waals surface area contributed by atoms with Crippen molar-refractivity contribution in [3.63, 3.8) is 0 Å². The number of aryl methyl sites for hydroxylation is 2. The molecule has 32 heavy (non-hydrogen) atoms. The van der Waals surface area contributed by atoms with Crippen molar-refractivity contribution in [1.29, 1.82) is 0 Å². The molecule has 0 aliphatic carbocycles. The number of benzene rings is 2. The number of Topliss-reactive ketones (excluding diaryl/α,β-unsaturated/α-hetero) is 1. The van der Waals surface area contributed by atoms with E-state index < -0.39 is 6.04 Å². The number of carbonyl (C=O) groups excluding carboxylic acids is 2. The highest BCUT2D eigenvalue weighted by Crippen LogP contribution is 2.32. The SMILES string of the molecule is CC(=O)c1cccc(NC(=O)C(C)n2cnc3scc(-c4ccc(C)c(C)c4)c3c2=O)c1. The summed E-state index contributed by atoms with van der Waals surface area (Å²) in [6, 6.07) is 12.0. The maximum absolute atomic E-state index is 13.4. The first-order chi connectivity index (χ1) is 15.3. The van der Waals surface area contributed by atoms with Gasteiger partial charge in [0.2, 0.25) is 5.91 Å². The summed E-state index contributed by atoms with van der Waals surface area (Å²) in [5.74, 6) is -0.451. The lowest BCUT2D eigenvalue weighted by atomic mass is 10.0. The van der Waals surface area contributed by atoms with Crippen LogP contribution in [0, 0.1) is 13.8 Å². The minimum atomic E-state index is -0.784. The average Bonchev–Trinajstić information content (AvgIpc) is 3.20. The smallest absolute Gasteiger partial charge is 0.263 e. The average molecular weight is 446 g/mol. The molecular weight excluding hydrogens is 422 g/mol. The second kappa shape index (κ2) is 8.51. The van der Waals surface area contributed by atoms with E-state index in [-0.39, 0.29) is 17.2 Å². The molecule has 0 fully saturated rings. The molecule has 2 aromatic carbocycles. The van der Waals surface area contributed by atoms with Crippen LogP contribution in [0.25, 0.3) is 21.3 Å². The molecule has 0 aliphatic rings. The van der Waals surface area contributed by atoms with Gasteiger partial charge in [0, 0.05) is 22.2 Å². The summed E-state index contributed by atoms with van der Waals surface area (Å²) in [6.07, 6.45) is 1.42. The van der Waals surface area contributed by atoms with E-state index in [4.69, 9.17) is 0 Å². The van der Waals surface area contributed by atoms with Gasteiger partial charge in [-0.3, -0.25) is 19.0 Å². The zero-order valence-electron chi connectivity index (χ0n) is 18.3. The van der Waals surface area contributed by atoms with Gasteiger partial charge >= 0.3 is 0 Å². The van der Waals surface area contributed by atoms with Gasteiger partial charge in [-0.05, 0) is 56.5 Å². The molecule has 162 valence electrons. The molecule has 1 unspecified atom stereocenters. The number of anilines is 1. The van der Waals surface area contributed by atoms with Gasteiger partial charge in [0.1, 0.15) is 10.9 Å². The molecule has 0 bridgehead atoms. The van der Waals surface area contributed by atoms with Crippen molar-refractivity contribution in [3.8, 4) is 11.1 Å². The number of nitrogens with zero attached hydrogens (tertiary/aromatic N) is 2. The standard InChI is InChI=1S/C25H23N3O3S/c1-14-8-9-19(10-15(14)2)21-12-32-24-22(21)25(31)28(13-26-24)16(3)23(30)27-20-7-5-6-18(11-20)17(4)29/h5-13,16H,1-4H3,(H,27,30). The number of hydrogen-bond donors (Lipinski definition) is 1. The maximum Gasteiger partial charge on any atom is 0.263 e. The van der Waals surface area contributed by atoms with E-state index in [1.807, 2.05) is 31.4 Å². The molecule has 1 N–H and O–H groups in total. The van der Waals surface area contributed by atoms with Crippen LogP contribution in [0.4, 0.5) is 5.69 Å². The van der Waals surface area contributed by atoms with E-state index in [9.17, 15) is 14.4 Å². The summed E-state index contributed by atoms with van der Waals surface area (Å²) < 4.78 is 1.35. The molecule has 0 radical (unpaired) electrons. The fourth-order valence-electron chi connectivity index (χ4n) is 3.53. The first kappa shape index (κ1) is 21.6. The van der Waals surface area contributed by atoms with Gasteiger partial charge in [0.05, 0.1) is 11.7 Å². The number of carbonyl (C=O) groups is 2. The fraction of sp³-hybridized carbons (Fsp3) is 0.200. The van der Waals surface area contributed by atoms with Crippen molar-refractivity contribution in [3.05, 3.63) is 81.2 Å². The van der Waals surface area contributed by atoms with Crippen molar-refractivity contribution in [2.24, 2.45) is 0 Å². The second-order valence-corrected chi connectivity index (χ2v) is 8.75. The highest BCUT2D eigenvalue weighted by atomic mass is 32.1. The summed E-state index contributed by atoms with van der Waals surface area (Å²) >= 11 is 1.41. The number of fused-ring (bicyclic) bond motifs is 1. The second-order valence-electron chi connectivity index (χ2n) is 7.89. The van der Waals surface area contributed by atoms with Crippen LogP contribution in [-0.2, 0) is 4.79 Å². The molecule has 1 amide bonds. The summed E-state index contributed by atoms with van der Waals surface area (Å²) in [5, 5.41) is 5.24. The highest BCUT2D eigenvalue weighted by molar-refractivity contribution is 7.17. The van der Waals surface area contributed by atoms with E-state index in [1.54, 1.807) is 31.2 Å². The molecule has 0 spiro atoms. The van der Waals surface area contributed by atoms with Crippen LogP contribution in [0.1, 0.15) is 41.4 Å². The fourth-order valence-corrected chi connectivity index (χ4v) is 4.44. The zero-order chi connectivity index (χ0) is 23.0. The predicted molar refractivity (Wildman–Crippen MR) is 129 cm³/mol. The molecule has 4 rings (SSSR count). The molecule has 0 saturated heterocycles. The van der Waals surface area contributed by atoms with Crippen LogP contribution in [0.3, 0.4) is 0 Å². The van der Waals surface area contributed by atoms with E-state index in [1.165, 1.54) is 34.7 Å². The van der Waals surface area contributed by atoms with E-state index in [2.05, 4.69) is 16.4 Å². The largest absolute Gasteiger partial charge is 0.324 e. The minimum absolute atomic E-state index is 0.0867. The topological polar surface area (TPSA) is 81.1 Å². The lowest BCUT2D eigenvalue weighted by Crippen LogP contribution is -2.31. The Kier molecular flexibility index (Phi) is 5.76. The van der Waals surface area contributed by atoms with Gasteiger partial charge < -0.3 is 5.32 Å². The van der Waals surface area contributed by atoms with Gasteiger partial charge in [-0.25, -0.2) is 4.98 Å². The number of amides is 1. The summed E-state index contributed by atoms with van der Waals surface area (Å²) in [5.41, 5.74) is 4.85. The van der Waals surface area contributed by atoms with Crippen LogP contribution in [0.5, 0.6) is 0 Å². The minimum Gasteiger partial charge on any atom is -0.324 e. The summed E-state index contributed by atoms with van der Waals surface area (Å²) in [6.45, 7) is 7.21. The van der Waals surface area contributed by atoms with Gasteiger partial charge in [0.25, 0.3) is 5.56 Å². The molecule has 4 aromatic rings. The van der Waals surface area contributed by atoms with E-state index >= 15 is 0 Å². The van der Waals surface area contributed by atoms with E-state index in [0.29, 0.717) is 21.5 Å². The maximum atomic E-state index is 13.4. The molecule has 2 aromatic heterocycles. The van der Waals surface area contributed by atoms with Crippen LogP contribution in [0.2, 0.25) is 0 Å². The van der Waals surface area contributed by atoms with Crippen LogP contribution in [0.15, 0.2) is 59.0 Å². The lowest BCUT2D eigenvalue weighted by molar-refractivity contribution is -0.118. The van der Waals surface area contributed by atoms with Crippen LogP contribution < -0.4 is 10.9 Å².